The van der Waals surface area contributed by atoms with Gasteiger partial charge in [0.05, 0.1) is 24.1 Å². The first-order valence-electron chi connectivity index (χ1n) is 13.5. The topological polar surface area (TPSA) is 146 Å². The highest BCUT2D eigenvalue weighted by atomic mass is 32.1. The van der Waals surface area contributed by atoms with Gasteiger partial charge in [0.2, 0.25) is 10.9 Å². The number of aromatic nitrogens is 6. The predicted octanol–water partition coefficient (Wildman–Crippen LogP) is 3.39. The van der Waals surface area contributed by atoms with E-state index in [1.54, 1.807) is 41.6 Å². The number of imidazole rings is 1. The molecule has 2 N–H and O–H groups in total. The molecule has 6 rings (SSSR count). The van der Waals surface area contributed by atoms with Crippen LogP contribution in [0.25, 0.3) is 22.6 Å². The van der Waals surface area contributed by atoms with Crippen molar-refractivity contribution in [3.63, 3.8) is 0 Å². The van der Waals surface area contributed by atoms with Crippen LogP contribution >= 0.6 is 11.3 Å². The minimum Gasteiger partial charge on any atom is -0.487 e. The van der Waals surface area contributed by atoms with Gasteiger partial charge in [-0.15, -0.1) is 0 Å². The van der Waals surface area contributed by atoms with Gasteiger partial charge in [-0.3, -0.25) is 4.79 Å². The first-order valence-corrected chi connectivity index (χ1v) is 14.3. The van der Waals surface area contributed by atoms with E-state index in [9.17, 15) is 22.8 Å². The number of halogens is 3. The van der Waals surface area contributed by atoms with E-state index in [1.807, 2.05) is 11.8 Å². The van der Waals surface area contributed by atoms with Crippen LogP contribution in [0.5, 0.6) is 5.75 Å². The summed E-state index contributed by atoms with van der Waals surface area (Å²) in [6.07, 6.45) is -5.94. The van der Waals surface area contributed by atoms with Gasteiger partial charge >= 0.3 is 12.3 Å². The number of benzene rings is 1. The van der Waals surface area contributed by atoms with Gasteiger partial charge in [0.1, 0.15) is 40.7 Å². The van der Waals surface area contributed by atoms with Crippen LogP contribution in [0.15, 0.2) is 18.2 Å². The van der Waals surface area contributed by atoms with Gasteiger partial charge < -0.3 is 29.5 Å². The number of carboxylic acid groups (broad SMARTS) is 1. The number of likely N-dealkylation sites (tertiary alicyclic amines) is 1. The highest BCUT2D eigenvalue weighted by molar-refractivity contribution is 7.16. The van der Waals surface area contributed by atoms with E-state index in [4.69, 9.17) is 9.84 Å². The molecule has 0 radical (unpaired) electrons. The van der Waals surface area contributed by atoms with E-state index in [1.165, 1.54) is 4.90 Å². The van der Waals surface area contributed by atoms with E-state index in [0.717, 1.165) is 0 Å². The van der Waals surface area contributed by atoms with Gasteiger partial charge in [0, 0.05) is 31.7 Å². The number of fused-ring (bicyclic) bond motifs is 1. The number of ether oxygens (including phenoxy) is 1. The third kappa shape index (κ3) is 5.68. The zero-order chi connectivity index (χ0) is 30.6. The number of aryl methyl sites for hydroxylation is 2. The molecule has 5 heterocycles. The molecule has 4 aromatic rings. The van der Waals surface area contributed by atoms with E-state index in [0.29, 0.717) is 64.4 Å². The Morgan fingerprint density at radius 3 is 2.56 bits per heavy atom. The number of carbonyl (C=O) groups excluding carboxylic acids is 1. The first-order chi connectivity index (χ1) is 20.4. The number of amides is 2. The maximum absolute atomic E-state index is 13.8. The fourth-order valence-corrected chi connectivity index (χ4v) is 6.25. The van der Waals surface area contributed by atoms with Crippen molar-refractivity contribution < 1.29 is 32.6 Å². The molecule has 228 valence electrons. The maximum atomic E-state index is 13.8. The zero-order valence-corrected chi connectivity index (χ0v) is 24.2. The lowest BCUT2D eigenvalue weighted by atomic mass is 10.2. The molecular weight excluding hydrogens is 591 g/mol. The van der Waals surface area contributed by atoms with Crippen molar-refractivity contribution in [1.82, 2.24) is 39.5 Å². The Kier molecular flexibility index (Phi) is 7.14. The lowest BCUT2D eigenvalue weighted by molar-refractivity contribution is -0.137. The molecule has 2 fully saturated rings. The number of alkyl halides is 3. The highest BCUT2D eigenvalue weighted by Gasteiger charge is 2.39. The molecule has 1 aromatic carbocycles. The number of nitrogens with zero attached hydrogens (tertiary/aromatic N) is 8. The van der Waals surface area contributed by atoms with Gasteiger partial charge in [-0.25, -0.2) is 24.4 Å². The Bertz CT molecular complexity index is 1690. The quantitative estimate of drug-likeness (QED) is 0.332. The summed E-state index contributed by atoms with van der Waals surface area (Å²) in [7, 11) is 0. The number of H-pyrrole nitrogens is 1. The van der Waals surface area contributed by atoms with Crippen LogP contribution in [0.2, 0.25) is 0 Å². The molecule has 2 aliphatic rings. The van der Waals surface area contributed by atoms with E-state index in [2.05, 4.69) is 25.0 Å². The standard InChI is InChI=1S/C26H28F3N9O4S/c1-13-9-35(6-7-37(13)20(39)12-38-15(3)30-14(2)34-38)23-21(33-24(43-23)26(27,28)29)22-31-18-5-4-16(8-19(18)32-22)42-17-10-36(11-17)25(40)41/h4-5,8,13,17H,6-7,9-12H2,1-3H3,(H,31,32)(H,40,41)/t13-/m1/s1. The molecule has 43 heavy (non-hydrogen) atoms. The summed E-state index contributed by atoms with van der Waals surface area (Å²) in [4.78, 5) is 44.6. The number of nitrogens with one attached hydrogen (secondary N) is 1. The Morgan fingerprint density at radius 1 is 1.14 bits per heavy atom. The van der Waals surface area contributed by atoms with Crippen molar-refractivity contribution in [2.45, 2.75) is 45.6 Å². The Balaban J connectivity index is 1.22. The SMILES string of the molecule is Cc1nc(C)n(CC(=O)N2CCN(c3sc(C(F)(F)F)nc3-c3nc4ccc(OC5CN(C(=O)O)C5)cc4[nH]3)C[C@H]2C)n1. The van der Waals surface area contributed by atoms with Crippen LogP contribution in [0.4, 0.5) is 23.0 Å². The number of hydrogen-bond acceptors (Lipinski definition) is 9. The number of aromatic amines is 1. The number of carbonyl (C=O) groups is 2. The maximum Gasteiger partial charge on any atom is 0.443 e. The molecule has 13 nitrogen and oxygen atoms in total. The summed E-state index contributed by atoms with van der Waals surface area (Å²) < 4.78 is 48.9. The molecule has 0 saturated carbocycles. The summed E-state index contributed by atoms with van der Waals surface area (Å²) in [5.74, 6) is 1.72. The zero-order valence-electron chi connectivity index (χ0n) is 23.4. The lowest BCUT2D eigenvalue weighted by Crippen LogP contribution is -2.55. The van der Waals surface area contributed by atoms with Crippen LogP contribution in [0.3, 0.4) is 0 Å². The van der Waals surface area contributed by atoms with E-state index in [-0.39, 0.29) is 49.2 Å². The molecule has 2 saturated heterocycles. The van der Waals surface area contributed by atoms with Crippen molar-refractivity contribution in [2.75, 3.05) is 37.6 Å². The average Bonchev–Trinajstić information content (AvgIpc) is 3.61. The molecule has 0 aliphatic carbocycles. The molecule has 2 aliphatic heterocycles. The number of hydrogen-bond donors (Lipinski definition) is 2. The number of anilines is 1. The second kappa shape index (κ2) is 10.7. The van der Waals surface area contributed by atoms with Gasteiger partial charge in [-0.2, -0.15) is 18.3 Å². The second-order valence-corrected chi connectivity index (χ2v) is 11.6. The Hall–Kier alpha value is -4.41. The highest BCUT2D eigenvalue weighted by Crippen LogP contribution is 2.43. The van der Waals surface area contributed by atoms with Gasteiger partial charge in [-0.05, 0) is 32.9 Å². The summed E-state index contributed by atoms with van der Waals surface area (Å²) in [5.41, 5.74) is 1.13. The van der Waals surface area contributed by atoms with E-state index < -0.39 is 17.3 Å². The fourth-order valence-electron chi connectivity index (χ4n) is 5.28. The molecule has 17 heteroatoms. The van der Waals surface area contributed by atoms with Crippen molar-refractivity contribution in [3.8, 4) is 17.3 Å². The monoisotopic (exact) mass is 619 g/mol. The van der Waals surface area contributed by atoms with E-state index >= 15 is 0 Å². The van der Waals surface area contributed by atoms with Crippen LogP contribution in [-0.2, 0) is 17.5 Å². The summed E-state index contributed by atoms with van der Waals surface area (Å²) in [6.45, 7) is 6.84. The largest absolute Gasteiger partial charge is 0.487 e. The summed E-state index contributed by atoms with van der Waals surface area (Å²) in [5, 5.41) is 12.6. The van der Waals surface area contributed by atoms with Crippen molar-refractivity contribution in [1.29, 1.82) is 0 Å². The van der Waals surface area contributed by atoms with Crippen LogP contribution in [-0.4, -0.2) is 101 Å². The summed E-state index contributed by atoms with van der Waals surface area (Å²) in [6, 6.07) is 4.75. The molecular formula is C26H28F3N9O4S. The first kappa shape index (κ1) is 28.7. The van der Waals surface area contributed by atoms with Crippen LogP contribution in [0.1, 0.15) is 23.6 Å². The third-order valence-corrected chi connectivity index (χ3v) is 8.59. The van der Waals surface area contributed by atoms with Crippen molar-refractivity contribution in [3.05, 3.63) is 34.9 Å². The molecule has 0 unspecified atom stereocenters. The summed E-state index contributed by atoms with van der Waals surface area (Å²) >= 11 is 0.548. The molecule has 1 atom stereocenters. The molecule has 0 spiro atoms. The van der Waals surface area contributed by atoms with Crippen molar-refractivity contribution in [2.24, 2.45) is 0 Å². The molecule has 2 amide bonds. The number of piperazine rings is 1. The third-order valence-electron chi connectivity index (χ3n) is 7.43. The minimum absolute atomic E-state index is 0.0320. The molecule has 3 aromatic heterocycles. The Labute approximate surface area is 246 Å². The minimum atomic E-state index is -4.64. The van der Waals surface area contributed by atoms with Gasteiger partial charge in [-0.1, -0.05) is 11.3 Å². The average molecular weight is 620 g/mol. The van der Waals surface area contributed by atoms with Gasteiger partial charge in [0.25, 0.3) is 0 Å². The normalized spacial score (nSPS) is 17.9. The smallest absolute Gasteiger partial charge is 0.443 e. The predicted molar refractivity (Wildman–Crippen MR) is 149 cm³/mol. The number of thiazole rings is 1. The van der Waals surface area contributed by atoms with Crippen LogP contribution in [0, 0.1) is 13.8 Å². The van der Waals surface area contributed by atoms with Crippen molar-refractivity contribution >= 4 is 39.4 Å². The number of rotatable bonds is 6. The lowest BCUT2D eigenvalue weighted by Gasteiger charge is -2.40. The molecule has 0 bridgehead atoms. The van der Waals surface area contributed by atoms with Gasteiger partial charge in [0.15, 0.2) is 5.82 Å². The fraction of sp³-hybridized carbons (Fsp3) is 0.462. The van der Waals surface area contributed by atoms with Crippen LogP contribution < -0.4 is 9.64 Å². The second-order valence-electron chi connectivity index (χ2n) is 10.6. The Morgan fingerprint density at radius 2 is 1.91 bits per heavy atom.